The first-order valence-electron chi connectivity index (χ1n) is 6.11. The van der Waals surface area contributed by atoms with Crippen LogP contribution in [-0.2, 0) is 0 Å². The Labute approximate surface area is 101 Å². The number of rotatable bonds is 1. The molecule has 0 aliphatic carbocycles. The molecule has 4 nitrogen and oxygen atoms in total. The van der Waals surface area contributed by atoms with E-state index in [1.165, 1.54) is 5.56 Å². The molecule has 0 spiro atoms. The van der Waals surface area contributed by atoms with Gasteiger partial charge in [-0.25, -0.2) is 4.98 Å². The van der Waals surface area contributed by atoms with E-state index in [9.17, 15) is 0 Å². The van der Waals surface area contributed by atoms with Gasteiger partial charge in [0, 0.05) is 19.6 Å². The Kier molecular flexibility index (Phi) is 2.61. The van der Waals surface area contributed by atoms with E-state index in [2.05, 4.69) is 47.4 Å². The molecule has 2 aromatic rings. The van der Waals surface area contributed by atoms with Gasteiger partial charge in [-0.2, -0.15) is 0 Å². The van der Waals surface area contributed by atoms with E-state index in [4.69, 9.17) is 4.98 Å². The van der Waals surface area contributed by atoms with Crippen molar-refractivity contribution in [1.82, 2.24) is 20.2 Å². The first-order chi connectivity index (χ1) is 8.24. The lowest BCUT2D eigenvalue weighted by atomic mass is 10.2. The van der Waals surface area contributed by atoms with Crippen molar-refractivity contribution in [2.45, 2.75) is 13.0 Å². The van der Waals surface area contributed by atoms with Crippen molar-refractivity contribution in [2.75, 3.05) is 26.7 Å². The highest BCUT2D eigenvalue weighted by atomic mass is 15.2. The Morgan fingerprint density at radius 3 is 3.06 bits per heavy atom. The number of aryl methyl sites for hydroxylation is 1. The third-order valence-electron chi connectivity index (χ3n) is 3.44. The van der Waals surface area contributed by atoms with Gasteiger partial charge in [0.2, 0.25) is 0 Å². The Morgan fingerprint density at radius 1 is 1.41 bits per heavy atom. The quantitative estimate of drug-likeness (QED) is 0.779. The number of hydrogen-bond donors (Lipinski definition) is 2. The fourth-order valence-electron chi connectivity index (χ4n) is 2.44. The van der Waals surface area contributed by atoms with E-state index in [1.54, 1.807) is 0 Å². The molecular formula is C13H18N4. The van der Waals surface area contributed by atoms with Crippen LogP contribution in [0.3, 0.4) is 0 Å². The maximum atomic E-state index is 4.73. The van der Waals surface area contributed by atoms with Crippen LogP contribution in [0, 0.1) is 6.92 Å². The van der Waals surface area contributed by atoms with Crippen LogP contribution >= 0.6 is 0 Å². The first-order valence-corrected chi connectivity index (χ1v) is 6.11. The van der Waals surface area contributed by atoms with E-state index in [0.717, 1.165) is 36.5 Å². The molecule has 17 heavy (non-hydrogen) atoms. The molecule has 3 rings (SSSR count). The number of likely N-dealkylation sites (N-methyl/N-ethyl adjacent to an activating group) is 1. The molecule has 2 heterocycles. The van der Waals surface area contributed by atoms with Crippen LogP contribution in [-0.4, -0.2) is 41.5 Å². The SMILES string of the molecule is Cc1cccc2[nH]c(C3CN(C)CCN3)nc12. The van der Waals surface area contributed by atoms with Gasteiger partial charge in [0.05, 0.1) is 17.1 Å². The van der Waals surface area contributed by atoms with Crippen molar-refractivity contribution in [3.63, 3.8) is 0 Å². The lowest BCUT2D eigenvalue weighted by Crippen LogP contribution is -2.44. The molecule has 1 atom stereocenters. The van der Waals surface area contributed by atoms with Crippen LogP contribution in [0.15, 0.2) is 18.2 Å². The van der Waals surface area contributed by atoms with Gasteiger partial charge in [-0.05, 0) is 25.6 Å². The van der Waals surface area contributed by atoms with Gasteiger partial charge < -0.3 is 15.2 Å². The fourth-order valence-corrected chi connectivity index (χ4v) is 2.44. The third kappa shape index (κ3) is 1.94. The van der Waals surface area contributed by atoms with Crippen molar-refractivity contribution >= 4 is 11.0 Å². The number of piperazine rings is 1. The zero-order valence-corrected chi connectivity index (χ0v) is 10.3. The van der Waals surface area contributed by atoms with Crippen LogP contribution in [0.5, 0.6) is 0 Å². The van der Waals surface area contributed by atoms with Crippen molar-refractivity contribution in [3.05, 3.63) is 29.6 Å². The van der Waals surface area contributed by atoms with Gasteiger partial charge in [0.25, 0.3) is 0 Å². The number of hydrogen-bond acceptors (Lipinski definition) is 3. The predicted octanol–water partition coefficient (Wildman–Crippen LogP) is 1.45. The molecule has 0 radical (unpaired) electrons. The average Bonchev–Trinajstić information content (AvgIpc) is 2.74. The smallest absolute Gasteiger partial charge is 0.125 e. The molecule has 4 heteroatoms. The minimum atomic E-state index is 0.320. The number of aromatic nitrogens is 2. The Morgan fingerprint density at radius 2 is 2.29 bits per heavy atom. The summed E-state index contributed by atoms with van der Waals surface area (Å²) in [5.41, 5.74) is 3.46. The van der Waals surface area contributed by atoms with E-state index < -0.39 is 0 Å². The van der Waals surface area contributed by atoms with Gasteiger partial charge >= 0.3 is 0 Å². The normalized spacial score (nSPS) is 22.1. The highest BCUT2D eigenvalue weighted by Gasteiger charge is 2.21. The summed E-state index contributed by atoms with van der Waals surface area (Å²) in [6, 6.07) is 6.58. The van der Waals surface area contributed by atoms with Crippen LogP contribution in [0.4, 0.5) is 0 Å². The van der Waals surface area contributed by atoms with Crippen LogP contribution < -0.4 is 5.32 Å². The molecule has 1 saturated heterocycles. The molecule has 1 unspecified atom stereocenters. The summed E-state index contributed by atoms with van der Waals surface area (Å²) in [4.78, 5) is 10.5. The molecule has 0 saturated carbocycles. The van der Waals surface area contributed by atoms with Crippen LogP contribution in [0.1, 0.15) is 17.4 Å². The van der Waals surface area contributed by atoms with Crippen LogP contribution in [0.2, 0.25) is 0 Å². The number of benzene rings is 1. The standard InChI is InChI=1S/C13H18N4/c1-9-4-3-5-10-12(9)16-13(15-10)11-8-17(2)7-6-14-11/h3-5,11,14H,6-8H2,1-2H3,(H,15,16). The minimum Gasteiger partial charge on any atom is -0.341 e. The lowest BCUT2D eigenvalue weighted by Gasteiger charge is -2.29. The summed E-state index contributed by atoms with van der Waals surface area (Å²) in [7, 11) is 2.15. The fraction of sp³-hybridized carbons (Fsp3) is 0.462. The zero-order valence-electron chi connectivity index (χ0n) is 10.3. The largest absolute Gasteiger partial charge is 0.341 e. The van der Waals surface area contributed by atoms with Gasteiger partial charge in [-0.15, -0.1) is 0 Å². The molecule has 90 valence electrons. The summed E-state index contributed by atoms with van der Waals surface area (Å²) >= 11 is 0. The van der Waals surface area contributed by atoms with Gasteiger partial charge in [0.1, 0.15) is 5.82 Å². The highest BCUT2D eigenvalue weighted by molar-refractivity contribution is 5.78. The molecule has 1 aliphatic rings. The second-order valence-corrected chi connectivity index (χ2v) is 4.86. The topological polar surface area (TPSA) is 44.0 Å². The second-order valence-electron chi connectivity index (χ2n) is 4.86. The molecule has 1 aromatic heterocycles. The highest BCUT2D eigenvalue weighted by Crippen LogP contribution is 2.20. The molecule has 1 aliphatic heterocycles. The molecule has 1 aromatic carbocycles. The number of imidazole rings is 1. The second kappa shape index (κ2) is 4.13. The van der Waals surface area contributed by atoms with E-state index in [1.807, 2.05) is 0 Å². The summed E-state index contributed by atoms with van der Waals surface area (Å²) < 4.78 is 0. The number of nitrogens with one attached hydrogen (secondary N) is 2. The van der Waals surface area contributed by atoms with Crippen LogP contribution in [0.25, 0.3) is 11.0 Å². The van der Waals surface area contributed by atoms with Crippen molar-refractivity contribution in [3.8, 4) is 0 Å². The zero-order chi connectivity index (χ0) is 11.8. The lowest BCUT2D eigenvalue weighted by molar-refractivity contribution is 0.236. The van der Waals surface area contributed by atoms with E-state index in [-0.39, 0.29) is 0 Å². The molecular weight excluding hydrogens is 212 g/mol. The Bertz CT molecular complexity index is 531. The molecule has 1 fully saturated rings. The molecule has 0 amide bonds. The van der Waals surface area contributed by atoms with E-state index in [0.29, 0.717) is 6.04 Å². The van der Waals surface area contributed by atoms with Crippen molar-refractivity contribution in [2.24, 2.45) is 0 Å². The maximum absolute atomic E-state index is 4.73. The molecule has 0 bridgehead atoms. The van der Waals surface area contributed by atoms with Gasteiger partial charge in [-0.1, -0.05) is 12.1 Å². The predicted molar refractivity (Wildman–Crippen MR) is 69.1 cm³/mol. The minimum absolute atomic E-state index is 0.320. The van der Waals surface area contributed by atoms with Crippen molar-refractivity contribution in [1.29, 1.82) is 0 Å². The summed E-state index contributed by atoms with van der Waals surface area (Å²) in [6.45, 7) is 5.25. The van der Waals surface area contributed by atoms with Gasteiger partial charge in [-0.3, -0.25) is 0 Å². The number of aromatic amines is 1. The number of nitrogens with zero attached hydrogens (tertiary/aromatic N) is 2. The van der Waals surface area contributed by atoms with E-state index >= 15 is 0 Å². The number of fused-ring (bicyclic) bond motifs is 1. The summed E-state index contributed by atoms with van der Waals surface area (Å²) in [5.74, 6) is 1.06. The number of H-pyrrole nitrogens is 1. The first kappa shape index (κ1) is 10.7. The monoisotopic (exact) mass is 230 g/mol. The summed E-state index contributed by atoms with van der Waals surface area (Å²) in [6.07, 6.45) is 0. The van der Waals surface area contributed by atoms with Crippen molar-refractivity contribution < 1.29 is 0 Å². The average molecular weight is 230 g/mol. The summed E-state index contributed by atoms with van der Waals surface area (Å²) in [5, 5.41) is 3.51. The third-order valence-corrected chi connectivity index (χ3v) is 3.44. The van der Waals surface area contributed by atoms with Gasteiger partial charge in [0.15, 0.2) is 0 Å². The Hall–Kier alpha value is -1.39. The Balaban J connectivity index is 1.97. The number of para-hydroxylation sites is 1. The maximum Gasteiger partial charge on any atom is 0.125 e. The molecule has 2 N–H and O–H groups in total.